The van der Waals surface area contributed by atoms with Gasteiger partial charge in [-0.05, 0) is 56.9 Å². The van der Waals surface area contributed by atoms with Crippen LogP contribution in [0.1, 0.15) is 40.5 Å². The molecule has 3 aromatic rings. The Morgan fingerprint density at radius 3 is 2.75 bits per heavy atom. The Kier molecular flexibility index (Phi) is 5.17. The van der Waals surface area contributed by atoms with Crippen LogP contribution in [0.2, 0.25) is 10.0 Å². The van der Waals surface area contributed by atoms with Crippen LogP contribution in [-0.4, -0.2) is 22.4 Å². The van der Waals surface area contributed by atoms with Crippen molar-refractivity contribution in [2.75, 3.05) is 6.61 Å². The third-order valence-electron chi connectivity index (χ3n) is 4.98. The van der Waals surface area contributed by atoms with E-state index in [0.717, 1.165) is 36.1 Å². The van der Waals surface area contributed by atoms with Gasteiger partial charge in [0.1, 0.15) is 0 Å². The van der Waals surface area contributed by atoms with Gasteiger partial charge in [0.2, 0.25) is 0 Å². The second-order valence-corrected chi connectivity index (χ2v) is 7.76. The van der Waals surface area contributed by atoms with Crippen molar-refractivity contribution in [1.82, 2.24) is 9.78 Å². The Hall–Kier alpha value is -2.30. The molecule has 1 aliphatic rings. The molecule has 0 spiro atoms. The lowest BCUT2D eigenvalue weighted by Crippen LogP contribution is -2.09. The molecule has 0 unspecified atom stereocenters. The smallest absolute Gasteiger partial charge is 0.359 e. The van der Waals surface area contributed by atoms with Crippen LogP contribution in [0.25, 0.3) is 16.9 Å². The van der Waals surface area contributed by atoms with Gasteiger partial charge in [0.15, 0.2) is 5.69 Å². The maximum atomic E-state index is 12.6. The molecule has 1 heterocycles. The van der Waals surface area contributed by atoms with Gasteiger partial charge < -0.3 is 4.74 Å². The van der Waals surface area contributed by atoms with E-state index in [1.807, 2.05) is 6.07 Å². The zero-order chi connectivity index (χ0) is 19.8. The summed E-state index contributed by atoms with van der Waals surface area (Å²) in [6.07, 6.45) is 2.64. The molecule has 6 heteroatoms. The highest BCUT2D eigenvalue weighted by Gasteiger charge is 2.29. The van der Waals surface area contributed by atoms with Gasteiger partial charge in [0.25, 0.3) is 0 Å². The molecule has 0 atom stereocenters. The van der Waals surface area contributed by atoms with E-state index in [0.29, 0.717) is 28.0 Å². The number of rotatable bonds is 3. The summed E-state index contributed by atoms with van der Waals surface area (Å²) >= 11 is 12.6. The Morgan fingerprint density at radius 1 is 1.18 bits per heavy atom. The van der Waals surface area contributed by atoms with Gasteiger partial charge >= 0.3 is 5.97 Å². The van der Waals surface area contributed by atoms with Crippen molar-refractivity contribution in [2.24, 2.45) is 0 Å². The van der Waals surface area contributed by atoms with Gasteiger partial charge in [-0.25, -0.2) is 9.48 Å². The molecule has 4 nitrogen and oxygen atoms in total. The van der Waals surface area contributed by atoms with Crippen LogP contribution in [0.3, 0.4) is 0 Å². The van der Waals surface area contributed by atoms with Gasteiger partial charge in [-0.1, -0.05) is 47.0 Å². The molecule has 0 saturated carbocycles. The first-order valence-corrected chi connectivity index (χ1v) is 10.1. The number of hydrogen-bond acceptors (Lipinski definition) is 3. The molecular weight excluding hydrogens is 395 g/mol. The zero-order valence-corrected chi connectivity index (χ0v) is 17.3. The predicted molar refractivity (Wildman–Crippen MR) is 112 cm³/mol. The lowest BCUT2D eigenvalue weighted by atomic mass is 9.99. The molecule has 1 aliphatic carbocycles. The van der Waals surface area contributed by atoms with E-state index in [1.54, 1.807) is 23.7 Å². The molecule has 0 aliphatic heterocycles. The van der Waals surface area contributed by atoms with Gasteiger partial charge in [-0.2, -0.15) is 5.10 Å². The summed E-state index contributed by atoms with van der Waals surface area (Å²) in [5.74, 6) is -0.404. The van der Waals surface area contributed by atoms with Gasteiger partial charge in [-0.3, -0.25) is 0 Å². The number of aromatic nitrogens is 2. The van der Waals surface area contributed by atoms with Crippen molar-refractivity contribution >= 4 is 29.2 Å². The lowest BCUT2D eigenvalue weighted by molar-refractivity contribution is 0.0517. The fraction of sp³-hybridized carbons (Fsp3) is 0.273. The Morgan fingerprint density at radius 2 is 2.00 bits per heavy atom. The molecule has 1 aromatic heterocycles. The zero-order valence-electron chi connectivity index (χ0n) is 15.8. The first-order chi connectivity index (χ1) is 13.5. The monoisotopic (exact) mass is 414 g/mol. The van der Waals surface area contributed by atoms with Crippen LogP contribution in [0.5, 0.6) is 0 Å². The van der Waals surface area contributed by atoms with Crippen molar-refractivity contribution in [2.45, 2.75) is 33.1 Å². The molecule has 0 N–H and O–H groups in total. The summed E-state index contributed by atoms with van der Waals surface area (Å²) in [4.78, 5) is 12.6. The van der Waals surface area contributed by atoms with Crippen LogP contribution in [0.4, 0.5) is 0 Å². The van der Waals surface area contributed by atoms with E-state index >= 15 is 0 Å². The summed E-state index contributed by atoms with van der Waals surface area (Å²) in [6, 6.07) is 11.7. The van der Waals surface area contributed by atoms with E-state index in [9.17, 15) is 4.79 Å². The van der Waals surface area contributed by atoms with E-state index in [1.165, 1.54) is 11.1 Å². The molecule has 144 valence electrons. The third kappa shape index (κ3) is 3.31. The second-order valence-electron chi connectivity index (χ2n) is 6.92. The quantitative estimate of drug-likeness (QED) is 0.507. The van der Waals surface area contributed by atoms with Crippen LogP contribution in [-0.2, 0) is 17.6 Å². The van der Waals surface area contributed by atoms with Crippen LogP contribution in [0, 0.1) is 6.92 Å². The van der Waals surface area contributed by atoms with Crippen LogP contribution >= 0.6 is 23.2 Å². The second kappa shape index (κ2) is 7.61. The summed E-state index contributed by atoms with van der Waals surface area (Å²) < 4.78 is 7.04. The van der Waals surface area contributed by atoms with Crippen molar-refractivity contribution in [3.05, 3.63) is 68.8 Å². The predicted octanol–water partition coefficient (Wildman–Crippen LogP) is 5.82. The molecule has 28 heavy (non-hydrogen) atoms. The lowest BCUT2D eigenvalue weighted by Gasteiger charge is -2.13. The van der Waals surface area contributed by atoms with Gasteiger partial charge in [-0.15, -0.1) is 0 Å². The first-order valence-electron chi connectivity index (χ1n) is 9.34. The molecular formula is C22H20Cl2N2O2. The number of ether oxygens (including phenoxy) is 1. The topological polar surface area (TPSA) is 44.1 Å². The number of esters is 1. The minimum atomic E-state index is -0.404. The number of benzene rings is 2. The molecule has 0 fully saturated rings. The number of nitrogens with zero attached hydrogens (tertiary/aromatic N) is 2. The molecule has 2 aromatic carbocycles. The van der Waals surface area contributed by atoms with Crippen LogP contribution < -0.4 is 0 Å². The molecule has 0 radical (unpaired) electrons. The van der Waals surface area contributed by atoms with Crippen molar-refractivity contribution < 1.29 is 9.53 Å². The standard InChI is InChI=1S/C22H20Cl2N2O2/c1-3-28-22(27)20-17-6-4-5-14-11-13(2)7-9-16(14)21(17)26(25-20)19-10-8-15(23)12-18(19)24/h7-12H,3-6H2,1-2H3. The van der Waals surface area contributed by atoms with E-state index < -0.39 is 5.97 Å². The minimum absolute atomic E-state index is 0.304. The SMILES string of the molecule is CCOC(=O)c1nn(-c2ccc(Cl)cc2Cl)c2c1CCCc1cc(C)ccc1-2. The summed E-state index contributed by atoms with van der Waals surface area (Å²) in [7, 11) is 0. The number of carbonyl (C=O) groups is 1. The number of halogens is 2. The van der Waals surface area contributed by atoms with Gasteiger partial charge in [0.05, 0.1) is 23.0 Å². The fourth-order valence-electron chi connectivity index (χ4n) is 3.77. The van der Waals surface area contributed by atoms with Crippen molar-refractivity contribution in [3.63, 3.8) is 0 Å². The normalized spacial score (nSPS) is 12.9. The summed E-state index contributed by atoms with van der Waals surface area (Å²) in [5, 5.41) is 5.68. The van der Waals surface area contributed by atoms with Crippen LogP contribution in [0.15, 0.2) is 36.4 Å². The average molecular weight is 415 g/mol. The molecule has 0 amide bonds. The Labute approximate surface area is 174 Å². The molecule has 0 bridgehead atoms. The van der Waals surface area contributed by atoms with Gasteiger partial charge in [0, 0.05) is 16.1 Å². The maximum absolute atomic E-state index is 12.6. The Bertz CT molecular complexity index is 1070. The highest BCUT2D eigenvalue weighted by Crippen LogP contribution is 2.38. The third-order valence-corrected chi connectivity index (χ3v) is 5.52. The summed E-state index contributed by atoms with van der Waals surface area (Å²) in [6.45, 7) is 4.18. The van der Waals surface area contributed by atoms with Crippen molar-refractivity contribution in [1.29, 1.82) is 0 Å². The van der Waals surface area contributed by atoms with E-state index in [-0.39, 0.29) is 0 Å². The number of fused-ring (bicyclic) bond motifs is 3. The number of carbonyl (C=O) groups excluding carboxylic acids is 1. The average Bonchev–Trinajstić information content (AvgIpc) is 2.91. The summed E-state index contributed by atoms with van der Waals surface area (Å²) in [5.41, 5.74) is 6.39. The maximum Gasteiger partial charge on any atom is 0.359 e. The van der Waals surface area contributed by atoms with Crippen molar-refractivity contribution in [3.8, 4) is 16.9 Å². The van der Waals surface area contributed by atoms with E-state index in [4.69, 9.17) is 27.9 Å². The molecule has 4 rings (SSSR count). The Balaban J connectivity index is 2.02. The van der Waals surface area contributed by atoms with E-state index in [2.05, 4.69) is 30.2 Å². The highest BCUT2D eigenvalue weighted by molar-refractivity contribution is 6.35. The number of aryl methyl sites for hydroxylation is 2. The largest absolute Gasteiger partial charge is 0.461 e. The fourth-order valence-corrected chi connectivity index (χ4v) is 4.26. The first kappa shape index (κ1) is 19.0. The molecule has 0 saturated heterocycles. The minimum Gasteiger partial charge on any atom is -0.461 e. The highest BCUT2D eigenvalue weighted by atomic mass is 35.5. The number of hydrogen-bond donors (Lipinski definition) is 0.